The van der Waals surface area contributed by atoms with Crippen LogP contribution in [0.2, 0.25) is 0 Å². The van der Waals surface area contributed by atoms with Gasteiger partial charge in [-0.1, -0.05) is 17.3 Å². The van der Waals surface area contributed by atoms with E-state index in [1.165, 1.54) is 12.3 Å². The van der Waals surface area contributed by atoms with Crippen LogP contribution in [0.1, 0.15) is 11.3 Å². The van der Waals surface area contributed by atoms with E-state index in [4.69, 9.17) is 9.26 Å². The van der Waals surface area contributed by atoms with Crippen molar-refractivity contribution in [2.75, 3.05) is 7.11 Å². The molecule has 0 fully saturated rings. The molecule has 0 amide bonds. The van der Waals surface area contributed by atoms with E-state index in [0.29, 0.717) is 17.9 Å². The van der Waals surface area contributed by atoms with E-state index in [2.05, 4.69) is 10.1 Å². The van der Waals surface area contributed by atoms with Gasteiger partial charge in [-0.25, -0.2) is 4.79 Å². The minimum absolute atomic E-state index is 0.413. The van der Waals surface area contributed by atoms with Crippen molar-refractivity contribution in [2.24, 2.45) is 4.99 Å². The lowest BCUT2D eigenvalue weighted by molar-refractivity contribution is 0.389. The van der Waals surface area contributed by atoms with E-state index < -0.39 is 0 Å². The molecule has 5 heteroatoms. The topological polar surface area (TPSA) is 64.7 Å². The third-order valence-electron chi connectivity index (χ3n) is 2.31. The average Bonchev–Trinajstić information content (AvgIpc) is 2.78. The molecular formula is C12H10N2O3. The average molecular weight is 230 g/mol. The largest absolute Gasteiger partial charge is 0.497 e. The summed E-state index contributed by atoms with van der Waals surface area (Å²) >= 11 is 0. The number of benzene rings is 1. The van der Waals surface area contributed by atoms with Crippen LogP contribution in [-0.4, -0.2) is 18.3 Å². The standard InChI is InChI=1S/C12H10N2O3/c1-16-10-4-2-9(3-5-10)6-12-11(13-8-15)7-14-17-12/h2-5,7H,6H2,1H3. The Labute approximate surface area is 97.7 Å². The number of rotatable bonds is 4. The Balaban J connectivity index is 2.19. The number of methoxy groups -OCH3 is 1. The number of hydrogen-bond donors (Lipinski definition) is 0. The number of aliphatic imine (C=N–C) groups is 1. The van der Waals surface area contributed by atoms with Crippen LogP contribution in [0.4, 0.5) is 5.69 Å². The molecule has 0 aliphatic heterocycles. The van der Waals surface area contributed by atoms with Crippen LogP contribution in [0.15, 0.2) is 40.0 Å². The Hall–Kier alpha value is -2.39. The molecular weight excluding hydrogens is 220 g/mol. The maximum Gasteiger partial charge on any atom is 0.240 e. The molecule has 0 aliphatic carbocycles. The fourth-order valence-electron chi connectivity index (χ4n) is 1.45. The van der Waals surface area contributed by atoms with E-state index in [-0.39, 0.29) is 0 Å². The molecule has 0 aliphatic rings. The van der Waals surface area contributed by atoms with Gasteiger partial charge in [0.2, 0.25) is 6.08 Å². The second-order valence-electron chi connectivity index (χ2n) is 3.36. The summed E-state index contributed by atoms with van der Waals surface area (Å²) in [4.78, 5) is 13.7. The van der Waals surface area contributed by atoms with Crippen LogP contribution in [0.3, 0.4) is 0 Å². The monoisotopic (exact) mass is 230 g/mol. The van der Waals surface area contributed by atoms with Crippen molar-refractivity contribution >= 4 is 11.8 Å². The molecule has 0 unspecified atom stereocenters. The predicted molar refractivity (Wildman–Crippen MR) is 60.1 cm³/mol. The SMILES string of the molecule is COc1ccc(Cc2oncc2N=C=O)cc1. The maximum atomic E-state index is 10.2. The first-order valence-corrected chi connectivity index (χ1v) is 4.98. The Bertz CT molecular complexity index is 539. The van der Waals surface area contributed by atoms with Gasteiger partial charge >= 0.3 is 0 Å². The Morgan fingerprint density at radius 3 is 2.82 bits per heavy atom. The molecule has 0 N–H and O–H groups in total. The molecule has 2 aromatic rings. The van der Waals surface area contributed by atoms with Gasteiger partial charge in [-0.3, -0.25) is 0 Å². The third kappa shape index (κ3) is 2.59. The van der Waals surface area contributed by atoms with Gasteiger partial charge < -0.3 is 9.26 Å². The number of nitrogens with zero attached hydrogens (tertiary/aromatic N) is 2. The summed E-state index contributed by atoms with van der Waals surface area (Å²) in [7, 11) is 1.61. The lowest BCUT2D eigenvalue weighted by Gasteiger charge is -2.01. The van der Waals surface area contributed by atoms with Crippen molar-refractivity contribution in [2.45, 2.75) is 6.42 Å². The Kier molecular flexibility index (Phi) is 3.33. The highest BCUT2D eigenvalue weighted by Gasteiger charge is 2.08. The summed E-state index contributed by atoms with van der Waals surface area (Å²) in [6, 6.07) is 7.54. The molecule has 1 aromatic carbocycles. The molecule has 0 radical (unpaired) electrons. The second-order valence-corrected chi connectivity index (χ2v) is 3.36. The molecule has 0 saturated heterocycles. The third-order valence-corrected chi connectivity index (χ3v) is 2.31. The lowest BCUT2D eigenvalue weighted by Crippen LogP contribution is -1.87. The molecule has 86 valence electrons. The van der Waals surface area contributed by atoms with Crippen LogP contribution >= 0.6 is 0 Å². The van der Waals surface area contributed by atoms with Gasteiger partial charge in [0, 0.05) is 6.42 Å². The smallest absolute Gasteiger partial charge is 0.240 e. The van der Waals surface area contributed by atoms with Crippen molar-refractivity contribution in [1.29, 1.82) is 0 Å². The molecule has 0 atom stereocenters. The molecule has 2 rings (SSSR count). The van der Waals surface area contributed by atoms with Gasteiger partial charge in [0.1, 0.15) is 11.4 Å². The summed E-state index contributed by atoms with van der Waals surface area (Å²) in [6.45, 7) is 0. The zero-order valence-corrected chi connectivity index (χ0v) is 9.21. The van der Waals surface area contributed by atoms with E-state index in [9.17, 15) is 4.79 Å². The zero-order valence-electron chi connectivity index (χ0n) is 9.21. The normalized spacial score (nSPS) is 9.71. The highest BCUT2D eigenvalue weighted by molar-refractivity contribution is 5.50. The highest BCUT2D eigenvalue weighted by Crippen LogP contribution is 2.22. The Morgan fingerprint density at radius 2 is 2.18 bits per heavy atom. The highest BCUT2D eigenvalue weighted by atomic mass is 16.5. The second kappa shape index (κ2) is 5.09. The number of carbonyl (C=O) groups excluding carboxylic acids is 1. The van der Waals surface area contributed by atoms with E-state index >= 15 is 0 Å². The van der Waals surface area contributed by atoms with Gasteiger partial charge in [-0.05, 0) is 17.7 Å². The molecule has 0 spiro atoms. The number of aromatic nitrogens is 1. The molecule has 17 heavy (non-hydrogen) atoms. The Morgan fingerprint density at radius 1 is 1.41 bits per heavy atom. The van der Waals surface area contributed by atoms with Crippen LogP contribution < -0.4 is 4.74 Å². The molecule has 0 bridgehead atoms. The van der Waals surface area contributed by atoms with E-state index in [1.807, 2.05) is 24.3 Å². The van der Waals surface area contributed by atoms with Gasteiger partial charge in [0.15, 0.2) is 5.76 Å². The van der Waals surface area contributed by atoms with Crippen LogP contribution in [0.5, 0.6) is 5.75 Å². The quantitative estimate of drug-likeness (QED) is 0.596. The van der Waals surface area contributed by atoms with Crippen LogP contribution in [0, 0.1) is 0 Å². The predicted octanol–water partition coefficient (Wildman–Crippen LogP) is 2.24. The molecule has 1 heterocycles. The lowest BCUT2D eigenvalue weighted by atomic mass is 10.1. The number of ether oxygens (including phenoxy) is 1. The minimum Gasteiger partial charge on any atom is -0.497 e. The molecule has 0 saturated carbocycles. The van der Waals surface area contributed by atoms with Crippen LogP contribution in [0.25, 0.3) is 0 Å². The minimum atomic E-state index is 0.413. The number of isocyanates is 1. The fourth-order valence-corrected chi connectivity index (χ4v) is 1.45. The molecule has 1 aromatic heterocycles. The summed E-state index contributed by atoms with van der Waals surface area (Å²) in [5.41, 5.74) is 1.43. The summed E-state index contributed by atoms with van der Waals surface area (Å²) in [5, 5.41) is 3.60. The fraction of sp³-hybridized carbons (Fsp3) is 0.167. The summed E-state index contributed by atoms with van der Waals surface area (Å²) < 4.78 is 10.1. The van der Waals surface area contributed by atoms with Crippen molar-refractivity contribution in [3.8, 4) is 5.75 Å². The van der Waals surface area contributed by atoms with Gasteiger partial charge in [0.25, 0.3) is 0 Å². The van der Waals surface area contributed by atoms with Crippen molar-refractivity contribution < 1.29 is 14.1 Å². The summed E-state index contributed by atoms with van der Waals surface area (Å²) in [5.74, 6) is 1.33. The first-order valence-electron chi connectivity index (χ1n) is 4.98. The van der Waals surface area contributed by atoms with Gasteiger partial charge in [0.05, 0.1) is 13.3 Å². The number of hydrogen-bond acceptors (Lipinski definition) is 5. The maximum absolute atomic E-state index is 10.2. The van der Waals surface area contributed by atoms with Crippen molar-refractivity contribution in [1.82, 2.24) is 5.16 Å². The van der Waals surface area contributed by atoms with Crippen molar-refractivity contribution in [3.05, 3.63) is 41.8 Å². The van der Waals surface area contributed by atoms with Gasteiger partial charge in [-0.2, -0.15) is 4.99 Å². The van der Waals surface area contributed by atoms with E-state index in [1.54, 1.807) is 7.11 Å². The summed E-state index contributed by atoms with van der Waals surface area (Å²) in [6.07, 6.45) is 3.38. The first kappa shape index (κ1) is 11.1. The van der Waals surface area contributed by atoms with Crippen LogP contribution in [-0.2, 0) is 11.2 Å². The molecule has 5 nitrogen and oxygen atoms in total. The zero-order chi connectivity index (χ0) is 12.1. The first-order chi connectivity index (χ1) is 8.33. The van der Waals surface area contributed by atoms with E-state index in [0.717, 1.165) is 11.3 Å². The van der Waals surface area contributed by atoms with Gasteiger partial charge in [-0.15, -0.1) is 0 Å². The van der Waals surface area contributed by atoms with Crippen molar-refractivity contribution in [3.63, 3.8) is 0 Å².